The van der Waals surface area contributed by atoms with E-state index in [2.05, 4.69) is 11.6 Å². The molecule has 0 saturated heterocycles. The van der Waals surface area contributed by atoms with Crippen LogP contribution in [0, 0.1) is 5.41 Å². The molecule has 0 bridgehead atoms. The van der Waals surface area contributed by atoms with Gasteiger partial charge in [0, 0.05) is 11.4 Å². The maximum Gasteiger partial charge on any atom is 0.250 e. The van der Waals surface area contributed by atoms with Crippen molar-refractivity contribution in [3.63, 3.8) is 0 Å². The van der Waals surface area contributed by atoms with Crippen LogP contribution >= 0.6 is 11.3 Å². The monoisotopic (exact) mass is 275 g/mol. The van der Waals surface area contributed by atoms with Gasteiger partial charge in [0.2, 0.25) is 10.0 Å². The molecular formula is C11H17NO3S2. The van der Waals surface area contributed by atoms with Crippen molar-refractivity contribution < 1.29 is 13.5 Å². The standard InChI is InChI=1S/C11H17NO3S2/c1-2-11(5-6-11)8-12-17(14,15)10-4-3-9(7-13)16-10/h3-4,12-13H,2,5-8H2,1H3. The molecule has 0 aromatic carbocycles. The highest BCUT2D eigenvalue weighted by Gasteiger charge is 2.41. The molecule has 96 valence electrons. The number of aliphatic hydroxyl groups is 1. The van der Waals surface area contributed by atoms with Gasteiger partial charge in [-0.05, 0) is 36.8 Å². The summed E-state index contributed by atoms with van der Waals surface area (Å²) in [6.45, 7) is 2.51. The van der Waals surface area contributed by atoms with Gasteiger partial charge in [-0.25, -0.2) is 13.1 Å². The van der Waals surface area contributed by atoms with Crippen molar-refractivity contribution in [1.29, 1.82) is 0 Å². The number of sulfonamides is 1. The Hall–Kier alpha value is -0.430. The molecular weight excluding hydrogens is 258 g/mol. The Morgan fingerprint density at radius 2 is 2.18 bits per heavy atom. The molecule has 2 N–H and O–H groups in total. The topological polar surface area (TPSA) is 66.4 Å². The second-order valence-corrected chi connectivity index (χ2v) is 7.72. The highest BCUT2D eigenvalue weighted by Crippen LogP contribution is 2.48. The van der Waals surface area contributed by atoms with Gasteiger partial charge in [0.05, 0.1) is 6.61 Å². The fourth-order valence-electron chi connectivity index (χ4n) is 1.74. The molecule has 0 spiro atoms. The Morgan fingerprint density at radius 3 is 2.65 bits per heavy atom. The predicted octanol–water partition coefficient (Wildman–Crippen LogP) is 1.71. The number of hydrogen-bond acceptors (Lipinski definition) is 4. The van der Waals surface area contributed by atoms with Crippen molar-refractivity contribution in [2.45, 2.75) is 37.0 Å². The third kappa shape index (κ3) is 2.88. The zero-order chi connectivity index (χ0) is 12.5. The van der Waals surface area contributed by atoms with E-state index in [1.54, 1.807) is 12.1 Å². The van der Waals surface area contributed by atoms with Gasteiger partial charge in [0.1, 0.15) is 4.21 Å². The fraction of sp³-hybridized carbons (Fsp3) is 0.636. The van der Waals surface area contributed by atoms with Gasteiger partial charge in [-0.3, -0.25) is 0 Å². The Bertz CT molecular complexity index is 489. The molecule has 0 unspecified atom stereocenters. The van der Waals surface area contributed by atoms with Crippen molar-refractivity contribution in [3.8, 4) is 0 Å². The van der Waals surface area contributed by atoms with Crippen LogP contribution in [0.5, 0.6) is 0 Å². The van der Waals surface area contributed by atoms with Gasteiger partial charge in [-0.2, -0.15) is 0 Å². The first-order valence-corrected chi connectivity index (χ1v) is 8.00. The van der Waals surface area contributed by atoms with Crippen LogP contribution in [0.4, 0.5) is 0 Å². The number of rotatable bonds is 6. The van der Waals surface area contributed by atoms with Gasteiger partial charge < -0.3 is 5.11 Å². The summed E-state index contributed by atoms with van der Waals surface area (Å²) >= 11 is 1.12. The first kappa shape index (κ1) is 13.0. The Kier molecular flexibility index (Phi) is 3.58. The lowest BCUT2D eigenvalue weighted by molar-refractivity contribution is 0.285. The first-order chi connectivity index (χ1) is 8.01. The van der Waals surface area contributed by atoms with E-state index in [9.17, 15) is 8.42 Å². The lowest BCUT2D eigenvalue weighted by atomic mass is 10.1. The van der Waals surface area contributed by atoms with Crippen molar-refractivity contribution in [3.05, 3.63) is 17.0 Å². The van der Waals surface area contributed by atoms with Crippen LogP contribution in [0.1, 0.15) is 31.1 Å². The molecule has 0 radical (unpaired) electrons. The zero-order valence-corrected chi connectivity index (χ0v) is 11.4. The molecule has 1 aliphatic rings. The second kappa shape index (κ2) is 4.68. The molecule has 1 heterocycles. The molecule has 4 nitrogen and oxygen atoms in total. The van der Waals surface area contributed by atoms with E-state index in [4.69, 9.17) is 5.11 Å². The quantitative estimate of drug-likeness (QED) is 0.830. The molecule has 17 heavy (non-hydrogen) atoms. The van der Waals surface area contributed by atoms with Crippen molar-refractivity contribution in [1.82, 2.24) is 4.72 Å². The second-order valence-electron chi connectivity index (χ2n) is 4.56. The summed E-state index contributed by atoms with van der Waals surface area (Å²) in [6.07, 6.45) is 3.23. The predicted molar refractivity (Wildman–Crippen MR) is 67.4 cm³/mol. The normalized spacial score (nSPS) is 18.2. The maximum absolute atomic E-state index is 12.0. The number of nitrogens with one attached hydrogen (secondary N) is 1. The van der Waals surface area contributed by atoms with Crippen LogP contribution in [0.25, 0.3) is 0 Å². The van der Waals surface area contributed by atoms with Gasteiger partial charge >= 0.3 is 0 Å². The van der Waals surface area contributed by atoms with Crippen LogP contribution in [-0.4, -0.2) is 20.1 Å². The summed E-state index contributed by atoms with van der Waals surface area (Å²) in [7, 11) is -3.40. The van der Waals surface area contributed by atoms with Gasteiger partial charge in [-0.15, -0.1) is 11.3 Å². The van der Waals surface area contributed by atoms with Gasteiger partial charge in [0.25, 0.3) is 0 Å². The third-order valence-corrected chi connectivity index (χ3v) is 6.37. The smallest absolute Gasteiger partial charge is 0.250 e. The summed E-state index contributed by atoms with van der Waals surface area (Å²) in [5.41, 5.74) is 0.199. The SMILES string of the molecule is CCC1(CNS(=O)(=O)c2ccc(CO)s2)CC1. The number of hydrogen-bond donors (Lipinski definition) is 2. The van der Waals surface area contributed by atoms with E-state index in [0.717, 1.165) is 30.6 Å². The summed E-state index contributed by atoms with van der Waals surface area (Å²) in [4.78, 5) is 0.669. The van der Waals surface area contributed by atoms with E-state index >= 15 is 0 Å². The van der Waals surface area contributed by atoms with E-state index in [0.29, 0.717) is 11.4 Å². The molecule has 2 rings (SSSR count). The van der Waals surface area contributed by atoms with Crippen LogP contribution in [0.15, 0.2) is 16.3 Å². The molecule has 1 fully saturated rings. The third-order valence-electron chi connectivity index (χ3n) is 3.40. The minimum Gasteiger partial charge on any atom is -0.391 e. The Labute approximate surface area is 106 Å². The van der Waals surface area contributed by atoms with Gasteiger partial charge in [0.15, 0.2) is 0 Å². The lowest BCUT2D eigenvalue weighted by Gasteiger charge is -2.12. The lowest BCUT2D eigenvalue weighted by Crippen LogP contribution is -2.29. The summed E-state index contributed by atoms with van der Waals surface area (Å²) in [6, 6.07) is 3.19. The van der Waals surface area contributed by atoms with E-state index in [1.807, 2.05) is 0 Å². The van der Waals surface area contributed by atoms with Crippen molar-refractivity contribution >= 4 is 21.4 Å². The van der Waals surface area contributed by atoms with Gasteiger partial charge in [-0.1, -0.05) is 6.92 Å². The van der Waals surface area contributed by atoms with E-state index < -0.39 is 10.0 Å². The van der Waals surface area contributed by atoms with Crippen molar-refractivity contribution in [2.24, 2.45) is 5.41 Å². The Balaban J connectivity index is 2.03. The molecule has 0 amide bonds. The van der Waals surface area contributed by atoms with Crippen LogP contribution in [0.2, 0.25) is 0 Å². The zero-order valence-electron chi connectivity index (χ0n) is 9.77. The molecule has 6 heteroatoms. The molecule has 1 aliphatic carbocycles. The molecule has 1 aromatic rings. The summed E-state index contributed by atoms with van der Waals surface area (Å²) in [5, 5.41) is 8.92. The average Bonchev–Trinajstić information content (AvgIpc) is 2.94. The van der Waals surface area contributed by atoms with E-state index in [1.165, 1.54) is 0 Å². The number of aliphatic hydroxyl groups excluding tert-OH is 1. The molecule has 1 aromatic heterocycles. The highest BCUT2D eigenvalue weighted by atomic mass is 32.2. The minimum absolute atomic E-state index is 0.112. The number of thiophene rings is 1. The van der Waals surface area contributed by atoms with Crippen LogP contribution < -0.4 is 4.72 Å². The molecule has 0 aliphatic heterocycles. The molecule has 0 atom stereocenters. The highest BCUT2D eigenvalue weighted by molar-refractivity contribution is 7.91. The largest absolute Gasteiger partial charge is 0.391 e. The fourth-order valence-corrected chi connectivity index (χ4v) is 4.16. The van der Waals surface area contributed by atoms with E-state index in [-0.39, 0.29) is 16.2 Å². The van der Waals surface area contributed by atoms with Crippen LogP contribution in [-0.2, 0) is 16.6 Å². The Morgan fingerprint density at radius 1 is 1.47 bits per heavy atom. The van der Waals surface area contributed by atoms with Crippen LogP contribution in [0.3, 0.4) is 0 Å². The maximum atomic E-state index is 12.0. The van der Waals surface area contributed by atoms with Crippen molar-refractivity contribution in [2.75, 3.05) is 6.54 Å². The summed E-state index contributed by atoms with van der Waals surface area (Å²) in [5.74, 6) is 0. The molecule has 1 saturated carbocycles. The minimum atomic E-state index is -3.40. The first-order valence-electron chi connectivity index (χ1n) is 5.71. The average molecular weight is 275 g/mol. The summed E-state index contributed by atoms with van der Waals surface area (Å²) < 4.78 is 26.9.